The first-order valence-electron chi connectivity index (χ1n) is 5.85. The van der Waals surface area contributed by atoms with Gasteiger partial charge in [0.2, 0.25) is 6.29 Å². The van der Waals surface area contributed by atoms with E-state index in [-0.39, 0.29) is 0 Å². The van der Waals surface area contributed by atoms with Gasteiger partial charge in [-0.3, -0.25) is 0 Å². The van der Waals surface area contributed by atoms with Crippen molar-refractivity contribution in [2.45, 2.75) is 30.7 Å². The van der Waals surface area contributed by atoms with E-state index in [1.54, 1.807) is 24.3 Å². The monoisotopic (exact) mass is 271 g/mol. The summed E-state index contributed by atoms with van der Waals surface area (Å²) in [5, 5.41) is 38.0. The van der Waals surface area contributed by atoms with Crippen molar-refractivity contribution < 1.29 is 29.9 Å². The van der Waals surface area contributed by atoms with Gasteiger partial charge < -0.3 is 35.6 Å². The van der Waals surface area contributed by atoms with Crippen LogP contribution in [0.2, 0.25) is 0 Å². The minimum atomic E-state index is -1.45. The molecule has 1 aliphatic rings. The number of nitrogen functional groups attached to an aromatic ring is 1. The molecular weight excluding hydrogens is 254 g/mol. The molecule has 7 heteroatoms. The molecule has 0 bridgehead atoms. The average molecular weight is 271 g/mol. The van der Waals surface area contributed by atoms with Gasteiger partial charge in [-0.1, -0.05) is 0 Å². The lowest BCUT2D eigenvalue weighted by Crippen LogP contribution is -2.60. The maximum atomic E-state index is 9.77. The lowest BCUT2D eigenvalue weighted by Gasteiger charge is -2.39. The second kappa shape index (κ2) is 5.72. The second-order valence-electron chi connectivity index (χ2n) is 4.38. The van der Waals surface area contributed by atoms with Gasteiger partial charge in [-0.25, -0.2) is 0 Å². The zero-order chi connectivity index (χ0) is 14.0. The van der Waals surface area contributed by atoms with Gasteiger partial charge in [0.15, 0.2) is 0 Å². The zero-order valence-corrected chi connectivity index (χ0v) is 10.1. The van der Waals surface area contributed by atoms with Crippen molar-refractivity contribution in [3.8, 4) is 5.75 Å². The van der Waals surface area contributed by atoms with E-state index < -0.39 is 37.3 Å². The van der Waals surface area contributed by atoms with Crippen LogP contribution in [0.25, 0.3) is 0 Å². The maximum absolute atomic E-state index is 9.77. The van der Waals surface area contributed by atoms with E-state index in [4.69, 9.17) is 20.3 Å². The number of hydrogen-bond donors (Lipinski definition) is 5. The van der Waals surface area contributed by atoms with Gasteiger partial charge in [-0.05, 0) is 24.3 Å². The molecule has 6 N–H and O–H groups in total. The number of benzene rings is 1. The minimum Gasteiger partial charge on any atom is -0.462 e. The number of aliphatic hydroxyl groups excluding tert-OH is 4. The summed E-state index contributed by atoms with van der Waals surface area (Å²) < 4.78 is 10.6. The Labute approximate surface area is 109 Å². The smallest absolute Gasteiger partial charge is 0.229 e. The van der Waals surface area contributed by atoms with E-state index in [0.29, 0.717) is 11.4 Å². The van der Waals surface area contributed by atoms with Gasteiger partial charge in [0.05, 0.1) is 6.61 Å². The Kier molecular flexibility index (Phi) is 4.23. The first-order valence-corrected chi connectivity index (χ1v) is 5.85. The van der Waals surface area contributed by atoms with Crippen molar-refractivity contribution in [1.82, 2.24) is 0 Å². The van der Waals surface area contributed by atoms with Gasteiger partial charge in [-0.2, -0.15) is 0 Å². The van der Waals surface area contributed by atoms with Crippen LogP contribution >= 0.6 is 0 Å². The van der Waals surface area contributed by atoms with Crippen LogP contribution in [0.15, 0.2) is 24.3 Å². The molecule has 2 rings (SSSR count). The van der Waals surface area contributed by atoms with Crippen LogP contribution in [0.4, 0.5) is 5.69 Å². The summed E-state index contributed by atoms with van der Waals surface area (Å²) >= 11 is 0. The topological polar surface area (TPSA) is 125 Å². The quantitative estimate of drug-likeness (QED) is 0.421. The van der Waals surface area contributed by atoms with Gasteiger partial charge in [0, 0.05) is 5.69 Å². The van der Waals surface area contributed by atoms with Gasteiger partial charge >= 0.3 is 0 Å². The number of nitrogens with two attached hydrogens (primary N) is 1. The molecule has 106 valence electrons. The highest BCUT2D eigenvalue weighted by atomic mass is 16.7. The fourth-order valence-corrected chi connectivity index (χ4v) is 1.85. The summed E-state index contributed by atoms with van der Waals surface area (Å²) in [5.41, 5.74) is 6.09. The first-order chi connectivity index (χ1) is 9.02. The summed E-state index contributed by atoms with van der Waals surface area (Å²) in [6, 6.07) is 6.38. The average Bonchev–Trinajstić information content (AvgIpc) is 2.42. The molecule has 1 fully saturated rings. The molecule has 7 nitrogen and oxygen atoms in total. The zero-order valence-electron chi connectivity index (χ0n) is 10.1. The van der Waals surface area contributed by atoms with Crippen molar-refractivity contribution in [2.24, 2.45) is 0 Å². The van der Waals surface area contributed by atoms with Gasteiger partial charge in [0.25, 0.3) is 0 Å². The van der Waals surface area contributed by atoms with Crippen LogP contribution in [0.1, 0.15) is 0 Å². The van der Waals surface area contributed by atoms with E-state index >= 15 is 0 Å². The summed E-state index contributed by atoms with van der Waals surface area (Å²) in [6.07, 6.45) is -6.44. The predicted molar refractivity (Wildman–Crippen MR) is 65.2 cm³/mol. The molecule has 0 aromatic heterocycles. The molecule has 0 amide bonds. The Morgan fingerprint density at radius 2 is 1.68 bits per heavy atom. The van der Waals surface area contributed by atoms with Crippen molar-refractivity contribution in [3.05, 3.63) is 24.3 Å². The highest BCUT2D eigenvalue weighted by Crippen LogP contribution is 2.24. The third kappa shape index (κ3) is 2.96. The second-order valence-corrected chi connectivity index (χ2v) is 4.38. The number of hydrogen-bond acceptors (Lipinski definition) is 7. The summed E-state index contributed by atoms with van der Waals surface area (Å²) in [6.45, 7) is -0.494. The van der Waals surface area contributed by atoms with Crippen LogP contribution < -0.4 is 10.5 Å². The summed E-state index contributed by atoms with van der Waals surface area (Å²) in [4.78, 5) is 0. The number of aliphatic hydroxyl groups is 4. The molecular formula is C12H17NO6. The third-order valence-corrected chi connectivity index (χ3v) is 2.98. The lowest BCUT2D eigenvalue weighted by molar-refractivity contribution is -0.277. The molecule has 0 radical (unpaired) electrons. The van der Waals surface area contributed by atoms with Crippen LogP contribution in [0.3, 0.4) is 0 Å². The highest BCUT2D eigenvalue weighted by Gasteiger charge is 2.44. The number of anilines is 1. The predicted octanol–water partition coefficient (Wildman–Crippen LogP) is -1.55. The Morgan fingerprint density at radius 1 is 1.05 bits per heavy atom. The molecule has 1 aromatic carbocycles. The van der Waals surface area contributed by atoms with Crippen LogP contribution in [-0.2, 0) is 4.74 Å². The third-order valence-electron chi connectivity index (χ3n) is 2.98. The van der Waals surface area contributed by atoms with E-state index in [1.807, 2.05) is 0 Å². The normalized spacial score (nSPS) is 35.1. The Bertz CT molecular complexity index is 409. The molecule has 5 atom stereocenters. The fraction of sp³-hybridized carbons (Fsp3) is 0.500. The lowest BCUT2D eigenvalue weighted by atomic mass is 9.99. The van der Waals surface area contributed by atoms with E-state index in [0.717, 1.165) is 0 Å². The van der Waals surface area contributed by atoms with Crippen molar-refractivity contribution in [2.75, 3.05) is 12.3 Å². The largest absolute Gasteiger partial charge is 0.462 e. The minimum absolute atomic E-state index is 0.388. The maximum Gasteiger partial charge on any atom is 0.229 e. The fourth-order valence-electron chi connectivity index (χ4n) is 1.85. The first kappa shape index (κ1) is 14.0. The van der Waals surface area contributed by atoms with Crippen LogP contribution in [0.5, 0.6) is 5.75 Å². The van der Waals surface area contributed by atoms with Gasteiger partial charge in [-0.15, -0.1) is 0 Å². The number of ether oxygens (including phenoxy) is 2. The van der Waals surface area contributed by atoms with Crippen molar-refractivity contribution >= 4 is 5.69 Å². The standard InChI is InChI=1S/C12H17NO6/c13-6-1-3-7(4-2-6)18-12-11(17)10(16)9(15)8(5-14)19-12/h1-4,8-12,14-17H,5,13H2. The SMILES string of the molecule is Nc1ccc(OC2OC(CO)C(O)C(O)C2O)cc1. The Balaban J connectivity index is 2.08. The molecule has 5 unspecified atom stereocenters. The molecule has 0 aliphatic carbocycles. The molecule has 1 aliphatic heterocycles. The molecule has 0 spiro atoms. The van der Waals surface area contributed by atoms with E-state index in [2.05, 4.69) is 0 Å². The summed E-state index contributed by atoms with van der Waals surface area (Å²) in [7, 11) is 0. The highest BCUT2D eigenvalue weighted by molar-refractivity contribution is 5.41. The molecule has 19 heavy (non-hydrogen) atoms. The molecule has 1 heterocycles. The van der Waals surface area contributed by atoms with Crippen LogP contribution in [-0.4, -0.2) is 57.7 Å². The van der Waals surface area contributed by atoms with Crippen LogP contribution in [0, 0.1) is 0 Å². The Hall–Kier alpha value is -1.38. The number of rotatable bonds is 3. The molecule has 1 saturated heterocycles. The van der Waals surface area contributed by atoms with Crippen molar-refractivity contribution in [3.63, 3.8) is 0 Å². The van der Waals surface area contributed by atoms with E-state index in [9.17, 15) is 15.3 Å². The summed E-state index contributed by atoms with van der Waals surface area (Å²) in [5.74, 6) is 0.388. The Morgan fingerprint density at radius 3 is 2.26 bits per heavy atom. The van der Waals surface area contributed by atoms with E-state index in [1.165, 1.54) is 0 Å². The molecule has 1 aromatic rings. The van der Waals surface area contributed by atoms with Gasteiger partial charge in [0.1, 0.15) is 30.2 Å². The van der Waals surface area contributed by atoms with Crippen molar-refractivity contribution in [1.29, 1.82) is 0 Å². The molecule has 0 saturated carbocycles.